The summed E-state index contributed by atoms with van der Waals surface area (Å²) < 4.78 is 0. The summed E-state index contributed by atoms with van der Waals surface area (Å²) in [6, 6.07) is 0. The fourth-order valence-corrected chi connectivity index (χ4v) is 0. The summed E-state index contributed by atoms with van der Waals surface area (Å²) in [5, 5.41) is 0. The van der Waals surface area contributed by atoms with Gasteiger partial charge in [-0.15, -0.1) is 26.3 Å². The molecule has 0 heterocycles. The van der Waals surface area contributed by atoms with Gasteiger partial charge >= 0.3 is 0 Å². The Balaban J connectivity index is -0.0000000133. The van der Waals surface area contributed by atoms with Crippen molar-refractivity contribution in [2.45, 2.75) is 0 Å². The van der Waals surface area contributed by atoms with Crippen LogP contribution in [0.2, 0.25) is 0 Å². The van der Waals surface area contributed by atoms with Crippen LogP contribution in [0.4, 0.5) is 0 Å². The number of hydrogen-bond acceptors (Lipinski definition) is 0. The van der Waals surface area contributed by atoms with Crippen molar-refractivity contribution in [2.24, 2.45) is 0 Å². The molecule has 0 aliphatic heterocycles. The molecule has 0 spiro atoms. The van der Waals surface area contributed by atoms with E-state index in [9.17, 15) is 0 Å². The van der Waals surface area contributed by atoms with Gasteiger partial charge < -0.3 is 0 Å². The first kappa shape index (κ1) is 19.3. The molecule has 0 nitrogen and oxygen atoms in total. The molecule has 0 saturated carbocycles. The molecule has 0 aromatic carbocycles. The third kappa shape index (κ3) is 1120. The molecule has 0 bridgehead atoms. The predicted molar refractivity (Wildman–Crippen MR) is 22.5 cm³/mol. The van der Waals surface area contributed by atoms with E-state index in [1.165, 1.54) is 0 Å². The minimum Gasteiger partial charge on any atom is -0.106 e. The van der Waals surface area contributed by atoms with E-state index in [1.54, 1.807) is 0 Å². The van der Waals surface area contributed by atoms with Crippen LogP contribution in [0.15, 0.2) is 26.3 Å². The molecule has 0 fully saturated rings. The average Bonchev–Trinajstić information content (AvgIpc) is 1.50. The molecule has 0 amide bonds. The predicted octanol–water partition coefficient (Wildman–Crippen LogP) is 1.60. The van der Waals surface area contributed by atoms with Crippen LogP contribution in [0.25, 0.3) is 0 Å². The van der Waals surface area contributed by atoms with Crippen molar-refractivity contribution in [1.82, 2.24) is 0 Å². The maximum Gasteiger partial charge on any atom is 0 e. The maximum absolute atomic E-state index is 3.00. The van der Waals surface area contributed by atoms with Gasteiger partial charge in [-0.1, -0.05) is 0 Å². The summed E-state index contributed by atoms with van der Waals surface area (Å²) in [5.41, 5.74) is 0. The summed E-state index contributed by atoms with van der Waals surface area (Å²) >= 11 is 0. The first-order valence-electron chi connectivity index (χ1n) is 1.000. The zero-order chi connectivity index (χ0) is 4.00. The minimum absolute atomic E-state index is 0. The van der Waals surface area contributed by atoms with Crippen molar-refractivity contribution in [2.75, 3.05) is 0 Å². The Bertz CT molecular complexity index is 5.61. The molecule has 0 aliphatic rings. The third-order valence-corrected chi connectivity index (χ3v) is 0. The Morgan fingerprint density at radius 3 is 0.600 bits per heavy atom. The molecule has 0 rings (SSSR count). The molecular formula is C4H8Tc. The van der Waals surface area contributed by atoms with Gasteiger partial charge in [0.05, 0.1) is 0 Å². The van der Waals surface area contributed by atoms with Gasteiger partial charge in [-0.3, -0.25) is 0 Å². The topological polar surface area (TPSA) is 0 Å². The Kier molecular flexibility index (Phi) is 9320. The van der Waals surface area contributed by atoms with E-state index < -0.39 is 0 Å². The van der Waals surface area contributed by atoms with Crippen molar-refractivity contribution in [3.05, 3.63) is 26.3 Å². The zero-order valence-corrected chi connectivity index (χ0v) is 5.06. The largest absolute Gasteiger partial charge is 0.106 e. The van der Waals surface area contributed by atoms with Gasteiger partial charge in [0.25, 0.3) is 0 Å². The molecule has 1 heteroatoms. The number of hydrogen-bond donors (Lipinski definition) is 0. The van der Waals surface area contributed by atoms with E-state index in [0.29, 0.717) is 0 Å². The smallest absolute Gasteiger partial charge is 0 e. The number of rotatable bonds is 0. The molecule has 31 valence electrons. The molecular weight excluding hydrogens is 146 g/mol. The van der Waals surface area contributed by atoms with Gasteiger partial charge in [0.2, 0.25) is 0 Å². The third-order valence-electron chi connectivity index (χ3n) is 0. The van der Waals surface area contributed by atoms with E-state index in [0.717, 1.165) is 0 Å². The van der Waals surface area contributed by atoms with Crippen molar-refractivity contribution >= 4 is 0 Å². The summed E-state index contributed by atoms with van der Waals surface area (Å²) in [6.45, 7) is 12.0. The van der Waals surface area contributed by atoms with Gasteiger partial charge in [-0.2, -0.15) is 0 Å². The van der Waals surface area contributed by atoms with Gasteiger partial charge in [0, 0.05) is 20.1 Å². The maximum atomic E-state index is 3.00. The fraction of sp³-hybridized carbons (Fsp3) is 0. The second kappa shape index (κ2) is 2420. The second-order valence-corrected chi connectivity index (χ2v) is 0. The van der Waals surface area contributed by atoms with Crippen molar-refractivity contribution in [3.8, 4) is 0 Å². The molecule has 1 radical (unpaired) electrons. The Labute approximate surface area is 46.9 Å². The average molecular weight is 154 g/mol. The normalized spacial score (nSPS) is 1.60. The van der Waals surface area contributed by atoms with Gasteiger partial charge in [0.15, 0.2) is 0 Å². The van der Waals surface area contributed by atoms with Crippen LogP contribution in [0.3, 0.4) is 0 Å². The SMILES string of the molecule is C=C.C=C.[Tc]. The Hall–Kier alpha value is 0.129. The van der Waals surface area contributed by atoms with Gasteiger partial charge in [-0.25, -0.2) is 0 Å². The summed E-state index contributed by atoms with van der Waals surface area (Å²) in [5.74, 6) is 0. The van der Waals surface area contributed by atoms with Crippen LogP contribution < -0.4 is 0 Å². The van der Waals surface area contributed by atoms with Crippen molar-refractivity contribution < 1.29 is 20.1 Å². The molecule has 0 aliphatic carbocycles. The summed E-state index contributed by atoms with van der Waals surface area (Å²) in [6.07, 6.45) is 0. The van der Waals surface area contributed by atoms with E-state index in [2.05, 4.69) is 26.3 Å². The van der Waals surface area contributed by atoms with Crippen LogP contribution >= 0.6 is 0 Å². The summed E-state index contributed by atoms with van der Waals surface area (Å²) in [7, 11) is 0. The Morgan fingerprint density at radius 1 is 0.600 bits per heavy atom. The molecule has 0 aromatic heterocycles. The second-order valence-electron chi connectivity index (χ2n) is 0. The molecule has 0 atom stereocenters. The van der Waals surface area contributed by atoms with Crippen LogP contribution in [0, 0.1) is 0 Å². The molecule has 0 N–H and O–H groups in total. The van der Waals surface area contributed by atoms with Crippen molar-refractivity contribution in [3.63, 3.8) is 0 Å². The van der Waals surface area contributed by atoms with E-state index in [4.69, 9.17) is 0 Å². The first-order chi connectivity index (χ1) is 2.00. The first-order valence-corrected chi connectivity index (χ1v) is 1.000. The van der Waals surface area contributed by atoms with E-state index in [1.807, 2.05) is 0 Å². The monoisotopic (exact) mass is 153 g/mol. The minimum atomic E-state index is 0. The molecule has 5 heavy (non-hydrogen) atoms. The van der Waals surface area contributed by atoms with Crippen LogP contribution in [-0.2, 0) is 20.1 Å². The van der Waals surface area contributed by atoms with Gasteiger partial charge in [-0.05, 0) is 0 Å². The zero-order valence-electron chi connectivity index (χ0n) is 3.21. The fourth-order valence-electron chi connectivity index (χ4n) is 0. The quantitative estimate of drug-likeness (QED) is 0.465. The molecule has 0 aromatic rings. The molecule has 0 saturated heterocycles. The van der Waals surface area contributed by atoms with Crippen LogP contribution in [0.5, 0.6) is 0 Å². The van der Waals surface area contributed by atoms with Crippen molar-refractivity contribution in [1.29, 1.82) is 0 Å². The van der Waals surface area contributed by atoms with E-state index in [-0.39, 0.29) is 20.1 Å². The summed E-state index contributed by atoms with van der Waals surface area (Å²) in [4.78, 5) is 0. The van der Waals surface area contributed by atoms with Crippen LogP contribution in [0.1, 0.15) is 0 Å². The standard InChI is InChI=1S/2C2H4.Tc/c2*1-2;/h2*1-2H2;. The van der Waals surface area contributed by atoms with Gasteiger partial charge in [0.1, 0.15) is 0 Å². The Morgan fingerprint density at radius 2 is 0.600 bits per heavy atom. The van der Waals surface area contributed by atoms with Crippen LogP contribution in [-0.4, -0.2) is 0 Å². The molecule has 0 unspecified atom stereocenters. The van der Waals surface area contributed by atoms with E-state index >= 15 is 0 Å².